The van der Waals surface area contributed by atoms with Gasteiger partial charge in [0, 0.05) is 17.0 Å². The molecule has 108 valence electrons. The minimum Gasteiger partial charge on any atom is -0.459 e. The molecule has 1 N–H and O–H groups in total. The van der Waals surface area contributed by atoms with E-state index in [1.54, 1.807) is 0 Å². The zero-order valence-corrected chi connectivity index (χ0v) is 12.3. The number of hydrogen-bond donors (Lipinski definition) is 1. The van der Waals surface area contributed by atoms with Crippen LogP contribution in [0.25, 0.3) is 11.0 Å². The lowest BCUT2D eigenvalue weighted by molar-refractivity contribution is 0.124. The van der Waals surface area contributed by atoms with Crippen molar-refractivity contribution >= 4 is 11.0 Å². The normalized spacial score (nSPS) is 11.3. The van der Waals surface area contributed by atoms with Crippen LogP contribution in [0.1, 0.15) is 31.6 Å². The third-order valence-electron chi connectivity index (χ3n) is 3.17. The van der Waals surface area contributed by atoms with Gasteiger partial charge in [0.1, 0.15) is 11.3 Å². The molecule has 20 heavy (non-hydrogen) atoms. The molecule has 2 rings (SSSR count). The van der Waals surface area contributed by atoms with Gasteiger partial charge in [0.2, 0.25) is 0 Å². The monoisotopic (exact) mass is 273 g/mol. The van der Waals surface area contributed by atoms with Crippen molar-refractivity contribution in [1.82, 2.24) is 5.32 Å². The maximum Gasteiger partial charge on any atom is 0.134 e. The lowest BCUT2D eigenvalue weighted by Gasteiger charge is -2.08. The lowest BCUT2D eigenvalue weighted by atomic mass is 10.1. The summed E-state index contributed by atoms with van der Waals surface area (Å²) >= 11 is 0. The number of ether oxygens (including phenoxy) is 1. The summed E-state index contributed by atoms with van der Waals surface area (Å²) in [7, 11) is 0. The molecule has 1 heterocycles. The van der Waals surface area contributed by atoms with E-state index in [0.29, 0.717) is 19.3 Å². The minimum absolute atomic E-state index is 0.428. The van der Waals surface area contributed by atoms with Crippen molar-refractivity contribution in [2.75, 3.05) is 6.61 Å². The fourth-order valence-electron chi connectivity index (χ4n) is 2.09. The van der Waals surface area contributed by atoms with Crippen molar-refractivity contribution in [3.8, 4) is 0 Å². The zero-order chi connectivity index (χ0) is 14.4. The summed E-state index contributed by atoms with van der Waals surface area (Å²) in [5.41, 5.74) is 2.08. The van der Waals surface area contributed by atoms with Crippen LogP contribution in [0.2, 0.25) is 0 Å². The van der Waals surface area contributed by atoms with Gasteiger partial charge in [-0.2, -0.15) is 0 Å². The van der Waals surface area contributed by atoms with Gasteiger partial charge >= 0.3 is 0 Å². The molecule has 2 aromatic rings. The van der Waals surface area contributed by atoms with E-state index in [1.807, 2.05) is 24.3 Å². The molecular weight excluding hydrogens is 250 g/mol. The van der Waals surface area contributed by atoms with Crippen molar-refractivity contribution < 1.29 is 9.15 Å². The molecule has 1 aromatic carbocycles. The number of nitrogens with one attached hydrogen (secondary N) is 1. The van der Waals surface area contributed by atoms with Crippen molar-refractivity contribution in [1.29, 1.82) is 0 Å². The van der Waals surface area contributed by atoms with E-state index >= 15 is 0 Å². The van der Waals surface area contributed by atoms with E-state index in [9.17, 15) is 0 Å². The van der Waals surface area contributed by atoms with Crippen LogP contribution < -0.4 is 5.32 Å². The summed E-state index contributed by atoms with van der Waals surface area (Å²) in [6, 6.07) is 8.54. The van der Waals surface area contributed by atoms with E-state index in [1.165, 1.54) is 0 Å². The van der Waals surface area contributed by atoms with Crippen LogP contribution in [0.5, 0.6) is 0 Å². The minimum atomic E-state index is 0.428. The van der Waals surface area contributed by atoms with Gasteiger partial charge < -0.3 is 14.5 Å². The average Bonchev–Trinajstić information content (AvgIpc) is 2.79. The molecule has 0 atom stereocenters. The first kappa shape index (κ1) is 14.8. The van der Waals surface area contributed by atoms with E-state index in [2.05, 4.69) is 31.8 Å². The molecular formula is C17H23NO2. The van der Waals surface area contributed by atoms with Gasteiger partial charge in [-0.25, -0.2) is 0 Å². The Morgan fingerprint density at radius 1 is 1.35 bits per heavy atom. The van der Waals surface area contributed by atoms with Crippen LogP contribution >= 0.6 is 0 Å². The maximum absolute atomic E-state index is 5.94. The molecule has 0 aliphatic heterocycles. The Hall–Kier alpha value is -1.58. The Kier molecular flexibility index (Phi) is 5.39. The molecule has 1 aromatic heterocycles. The van der Waals surface area contributed by atoms with Crippen LogP contribution in [0.3, 0.4) is 0 Å². The van der Waals surface area contributed by atoms with Crippen molar-refractivity contribution in [2.45, 2.75) is 39.5 Å². The van der Waals surface area contributed by atoms with Crippen LogP contribution in [-0.2, 0) is 17.9 Å². The number of rotatable bonds is 8. The Morgan fingerprint density at radius 3 is 2.90 bits per heavy atom. The first-order valence-corrected chi connectivity index (χ1v) is 7.13. The Bertz CT molecular complexity index is 557. The van der Waals surface area contributed by atoms with Crippen molar-refractivity contribution in [3.05, 3.63) is 48.2 Å². The Labute approximate surface area is 120 Å². The van der Waals surface area contributed by atoms with Crippen LogP contribution in [0, 0.1) is 0 Å². The first-order valence-electron chi connectivity index (χ1n) is 7.13. The Balaban J connectivity index is 2.17. The predicted octanol–water partition coefficient (Wildman–Crippen LogP) is 4.02. The van der Waals surface area contributed by atoms with Crippen LogP contribution in [0.4, 0.5) is 0 Å². The first-order chi connectivity index (χ1) is 9.72. The van der Waals surface area contributed by atoms with E-state index in [0.717, 1.165) is 35.3 Å². The maximum atomic E-state index is 5.94. The summed E-state index contributed by atoms with van der Waals surface area (Å²) in [5, 5.41) is 4.54. The van der Waals surface area contributed by atoms with Gasteiger partial charge in [-0.1, -0.05) is 38.1 Å². The highest BCUT2D eigenvalue weighted by molar-refractivity contribution is 5.82. The molecule has 0 spiro atoms. The van der Waals surface area contributed by atoms with Gasteiger partial charge in [-0.15, -0.1) is 6.58 Å². The second-order valence-electron chi connectivity index (χ2n) is 5.17. The smallest absolute Gasteiger partial charge is 0.134 e. The summed E-state index contributed by atoms with van der Waals surface area (Å²) in [6.07, 6.45) is 2.74. The molecule has 3 nitrogen and oxygen atoms in total. The fraction of sp³-hybridized carbons (Fsp3) is 0.412. The van der Waals surface area contributed by atoms with Gasteiger partial charge in [0.15, 0.2) is 0 Å². The summed E-state index contributed by atoms with van der Waals surface area (Å²) < 4.78 is 11.7. The fourth-order valence-corrected chi connectivity index (χ4v) is 2.09. The number of fused-ring (bicyclic) bond motifs is 1. The molecule has 0 bridgehead atoms. The zero-order valence-electron chi connectivity index (χ0n) is 12.3. The van der Waals surface area contributed by atoms with E-state index in [-0.39, 0.29) is 0 Å². The topological polar surface area (TPSA) is 34.4 Å². The third-order valence-corrected chi connectivity index (χ3v) is 3.17. The molecule has 0 amide bonds. The molecule has 0 aliphatic carbocycles. The van der Waals surface area contributed by atoms with Gasteiger partial charge in [-0.3, -0.25) is 0 Å². The molecule has 3 heteroatoms. The number of benzene rings is 1. The second-order valence-corrected chi connectivity index (χ2v) is 5.17. The Morgan fingerprint density at radius 2 is 2.15 bits per heavy atom. The molecule has 0 fully saturated rings. The van der Waals surface area contributed by atoms with Crippen LogP contribution in [0.15, 0.2) is 41.3 Å². The predicted molar refractivity (Wildman–Crippen MR) is 82.7 cm³/mol. The standard InChI is InChI=1S/C17H23NO2/c1-4-5-10-19-12-15-14-8-6-7-9-16(14)20-17(15)11-18-13(2)3/h4,6-9,13,18H,1,5,10-12H2,2-3H3. The van der Waals surface area contributed by atoms with Crippen LogP contribution in [-0.4, -0.2) is 12.6 Å². The number of hydrogen-bond acceptors (Lipinski definition) is 3. The highest BCUT2D eigenvalue weighted by atomic mass is 16.5. The van der Waals surface area contributed by atoms with Crippen molar-refractivity contribution in [2.24, 2.45) is 0 Å². The SMILES string of the molecule is C=CCCOCc1c(CNC(C)C)oc2ccccc12. The van der Waals surface area contributed by atoms with E-state index in [4.69, 9.17) is 9.15 Å². The second kappa shape index (κ2) is 7.27. The highest BCUT2D eigenvalue weighted by Crippen LogP contribution is 2.26. The average molecular weight is 273 g/mol. The van der Waals surface area contributed by atoms with Crippen molar-refractivity contribution in [3.63, 3.8) is 0 Å². The lowest BCUT2D eigenvalue weighted by Crippen LogP contribution is -2.22. The summed E-state index contributed by atoms with van der Waals surface area (Å²) in [6.45, 7) is 9.97. The quantitative estimate of drug-likeness (QED) is 0.582. The summed E-state index contributed by atoms with van der Waals surface area (Å²) in [5.74, 6) is 0.971. The molecule has 0 saturated carbocycles. The molecule has 0 saturated heterocycles. The number of furan rings is 1. The molecule has 0 radical (unpaired) electrons. The van der Waals surface area contributed by atoms with Gasteiger partial charge in [0.25, 0.3) is 0 Å². The van der Waals surface area contributed by atoms with E-state index < -0.39 is 0 Å². The largest absolute Gasteiger partial charge is 0.459 e. The number of para-hydroxylation sites is 1. The summed E-state index contributed by atoms with van der Waals surface area (Å²) in [4.78, 5) is 0. The third kappa shape index (κ3) is 3.71. The molecule has 0 aliphatic rings. The highest BCUT2D eigenvalue weighted by Gasteiger charge is 2.13. The van der Waals surface area contributed by atoms with Gasteiger partial charge in [0.05, 0.1) is 19.8 Å². The molecule has 0 unspecified atom stereocenters. The van der Waals surface area contributed by atoms with Gasteiger partial charge in [-0.05, 0) is 12.5 Å².